The smallest absolute Gasteiger partial charge is 0.254 e. The molecule has 7 heteroatoms. The summed E-state index contributed by atoms with van der Waals surface area (Å²) in [6.45, 7) is 2.38. The predicted molar refractivity (Wildman–Crippen MR) is 77.9 cm³/mol. The summed E-state index contributed by atoms with van der Waals surface area (Å²) in [7, 11) is 0. The van der Waals surface area contributed by atoms with Crippen molar-refractivity contribution in [1.82, 2.24) is 10.2 Å². The van der Waals surface area contributed by atoms with Crippen LogP contribution in [0.5, 0.6) is 0 Å². The van der Waals surface area contributed by atoms with E-state index in [1.165, 1.54) is 17.0 Å². The second kappa shape index (κ2) is 6.31. The van der Waals surface area contributed by atoms with E-state index >= 15 is 0 Å². The van der Waals surface area contributed by atoms with Crippen LogP contribution >= 0.6 is 0 Å². The number of hydrogen-bond acceptors (Lipinski definition) is 4. The van der Waals surface area contributed by atoms with Crippen LogP contribution in [0.25, 0.3) is 0 Å². The first-order chi connectivity index (χ1) is 10.6. The van der Waals surface area contributed by atoms with Crippen molar-refractivity contribution in [3.63, 3.8) is 0 Å². The molecule has 2 fully saturated rings. The van der Waals surface area contributed by atoms with E-state index in [9.17, 15) is 14.0 Å². The Bertz CT molecular complexity index is 581. The Morgan fingerprint density at radius 2 is 2.23 bits per heavy atom. The average molecular weight is 307 g/mol. The van der Waals surface area contributed by atoms with Crippen molar-refractivity contribution in [3.8, 4) is 0 Å². The number of hydrogen-bond donors (Lipinski definition) is 1. The van der Waals surface area contributed by atoms with E-state index in [1.807, 2.05) is 11.0 Å². The summed E-state index contributed by atoms with van der Waals surface area (Å²) in [5.41, 5.74) is 0.734. The summed E-state index contributed by atoms with van der Waals surface area (Å²) < 4.78 is 18.9. The number of nitrogens with one attached hydrogen (secondary N) is 1. The highest BCUT2D eigenvalue weighted by molar-refractivity contribution is 5.88. The molecule has 0 aliphatic carbocycles. The molecule has 2 amide bonds. The third kappa shape index (κ3) is 3.19. The maximum absolute atomic E-state index is 13.3. The topological polar surface area (TPSA) is 61.9 Å². The first-order valence-corrected chi connectivity index (χ1v) is 7.31. The van der Waals surface area contributed by atoms with Crippen LogP contribution in [-0.4, -0.2) is 62.1 Å². The van der Waals surface area contributed by atoms with Gasteiger partial charge in [-0.1, -0.05) is 6.07 Å². The second-order valence-corrected chi connectivity index (χ2v) is 5.40. The summed E-state index contributed by atoms with van der Waals surface area (Å²) >= 11 is 0. The number of nitrogens with zero attached hydrogens (tertiary/aromatic N) is 2. The minimum Gasteiger partial charge on any atom is -0.366 e. The highest BCUT2D eigenvalue weighted by Gasteiger charge is 2.32. The summed E-state index contributed by atoms with van der Waals surface area (Å²) in [5.74, 6) is -0.645. The number of piperazine rings is 1. The predicted octanol–water partition coefficient (Wildman–Crippen LogP) is -0.0107. The van der Waals surface area contributed by atoms with Gasteiger partial charge in [0.25, 0.3) is 5.91 Å². The van der Waals surface area contributed by atoms with Crippen molar-refractivity contribution < 1.29 is 18.7 Å². The van der Waals surface area contributed by atoms with E-state index in [2.05, 4.69) is 5.32 Å². The molecule has 0 spiro atoms. The van der Waals surface area contributed by atoms with Crippen molar-refractivity contribution in [2.24, 2.45) is 0 Å². The van der Waals surface area contributed by atoms with Crippen molar-refractivity contribution in [2.45, 2.75) is 6.10 Å². The Balaban J connectivity index is 1.67. The number of amides is 2. The number of ether oxygens (including phenoxy) is 1. The van der Waals surface area contributed by atoms with Gasteiger partial charge in [-0.2, -0.15) is 0 Å². The lowest BCUT2D eigenvalue weighted by Gasteiger charge is -2.37. The van der Waals surface area contributed by atoms with Gasteiger partial charge in [-0.25, -0.2) is 4.39 Å². The van der Waals surface area contributed by atoms with Crippen LogP contribution in [-0.2, 0) is 14.3 Å². The van der Waals surface area contributed by atoms with Crippen LogP contribution < -0.4 is 10.2 Å². The van der Waals surface area contributed by atoms with Gasteiger partial charge in [0.15, 0.2) is 6.10 Å². The van der Waals surface area contributed by atoms with E-state index in [0.29, 0.717) is 32.8 Å². The summed E-state index contributed by atoms with van der Waals surface area (Å²) in [4.78, 5) is 27.3. The Morgan fingerprint density at radius 1 is 1.36 bits per heavy atom. The normalized spacial score (nSPS) is 22.4. The lowest BCUT2D eigenvalue weighted by Crippen LogP contribution is -2.56. The number of anilines is 1. The van der Waals surface area contributed by atoms with Crippen molar-refractivity contribution >= 4 is 17.5 Å². The van der Waals surface area contributed by atoms with Crippen molar-refractivity contribution in [2.75, 3.05) is 44.2 Å². The Labute approximate surface area is 127 Å². The molecule has 0 aromatic heterocycles. The molecule has 2 heterocycles. The molecule has 1 aromatic rings. The molecule has 118 valence electrons. The van der Waals surface area contributed by atoms with Crippen LogP contribution in [0.2, 0.25) is 0 Å². The molecule has 0 saturated carbocycles. The van der Waals surface area contributed by atoms with Gasteiger partial charge in [0.2, 0.25) is 5.91 Å². The molecule has 0 radical (unpaired) electrons. The zero-order valence-corrected chi connectivity index (χ0v) is 12.1. The average Bonchev–Trinajstić information content (AvgIpc) is 2.54. The van der Waals surface area contributed by atoms with Gasteiger partial charge in [0.1, 0.15) is 5.82 Å². The van der Waals surface area contributed by atoms with E-state index in [1.54, 1.807) is 6.07 Å². The van der Waals surface area contributed by atoms with Crippen LogP contribution in [0.1, 0.15) is 0 Å². The third-order valence-electron chi connectivity index (χ3n) is 3.87. The number of morpholine rings is 1. The number of carbonyl (C=O) groups is 2. The molecule has 1 atom stereocenters. The maximum Gasteiger partial charge on any atom is 0.254 e. The molecule has 22 heavy (non-hydrogen) atoms. The molecule has 1 aromatic carbocycles. The van der Waals surface area contributed by atoms with E-state index in [4.69, 9.17) is 4.74 Å². The molecular weight excluding hydrogens is 289 g/mol. The summed E-state index contributed by atoms with van der Waals surface area (Å²) in [6.07, 6.45) is -0.622. The molecule has 0 unspecified atom stereocenters. The SMILES string of the molecule is O=C1CN(C(=O)[C@@H]2CN(c3cccc(F)c3)CCO2)CCN1. The molecule has 2 saturated heterocycles. The van der Waals surface area contributed by atoms with Crippen molar-refractivity contribution in [3.05, 3.63) is 30.1 Å². The van der Waals surface area contributed by atoms with E-state index in [-0.39, 0.29) is 24.2 Å². The minimum atomic E-state index is -0.622. The molecule has 1 N–H and O–H groups in total. The molecular formula is C15H18FN3O3. The number of benzene rings is 1. The number of rotatable bonds is 2. The fourth-order valence-corrected chi connectivity index (χ4v) is 2.74. The van der Waals surface area contributed by atoms with Crippen LogP contribution in [0.15, 0.2) is 24.3 Å². The molecule has 6 nitrogen and oxygen atoms in total. The van der Waals surface area contributed by atoms with E-state index in [0.717, 1.165) is 5.69 Å². The monoisotopic (exact) mass is 307 g/mol. The third-order valence-corrected chi connectivity index (χ3v) is 3.87. The molecule has 0 bridgehead atoms. The van der Waals surface area contributed by atoms with Gasteiger partial charge in [-0.3, -0.25) is 9.59 Å². The van der Waals surface area contributed by atoms with E-state index < -0.39 is 6.10 Å². The molecule has 3 rings (SSSR count). The largest absolute Gasteiger partial charge is 0.366 e. The first-order valence-electron chi connectivity index (χ1n) is 7.31. The fraction of sp³-hybridized carbons (Fsp3) is 0.467. The fourth-order valence-electron chi connectivity index (χ4n) is 2.74. The second-order valence-electron chi connectivity index (χ2n) is 5.40. The Kier molecular flexibility index (Phi) is 4.24. The highest BCUT2D eigenvalue weighted by Crippen LogP contribution is 2.19. The van der Waals surface area contributed by atoms with Gasteiger partial charge < -0.3 is 19.9 Å². The van der Waals surface area contributed by atoms with Crippen molar-refractivity contribution in [1.29, 1.82) is 0 Å². The van der Waals surface area contributed by atoms with Gasteiger partial charge in [-0.15, -0.1) is 0 Å². The zero-order valence-electron chi connectivity index (χ0n) is 12.1. The lowest BCUT2D eigenvalue weighted by molar-refractivity contribution is -0.148. The van der Waals surface area contributed by atoms with Gasteiger partial charge in [-0.05, 0) is 18.2 Å². The molecule has 2 aliphatic heterocycles. The Hall–Kier alpha value is -2.15. The standard InChI is InChI=1S/C15H18FN3O3/c16-11-2-1-3-12(8-11)18-6-7-22-13(9-18)15(21)19-5-4-17-14(20)10-19/h1-3,8,13H,4-7,9-10H2,(H,17,20)/t13-/m0/s1. The van der Waals surface area contributed by atoms with Gasteiger partial charge in [0.05, 0.1) is 19.7 Å². The summed E-state index contributed by atoms with van der Waals surface area (Å²) in [5, 5.41) is 2.68. The minimum absolute atomic E-state index is 0.0681. The highest BCUT2D eigenvalue weighted by atomic mass is 19.1. The van der Waals surface area contributed by atoms with Gasteiger partial charge in [0, 0.05) is 25.3 Å². The quantitative estimate of drug-likeness (QED) is 0.835. The Morgan fingerprint density at radius 3 is 3.00 bits per heavy atom. The number of halogens is 1. The number of carbonyl (C=O) groups excluding carboxylic acids is 2. The zero-order chi connectivity index (χ0) is 15.5. The summed E-state index contributed by atoms with van der Waals surface area (Å²) in [6, 6.07) is 6.29. The first kappa shape index (κ1) is 14.8. The molecule has 2 aliphatic rings. The van der Waals surface area contributed by atoms with Crippen LogP contribution in [0.4, 0.5) is 10.1 Å². The van der Waals surface area contributed by atoms with Crippen LogP contribution in [0, 0.1) is 5.82 Å². The lowest BCUT2D eigenvalue weighted by atomic mass is 10.2. The van der Waals surface area contributed by atoms with Crippen LogP contribution in [0.3, 0.4) is 0 Å². The van der Waals surface area contributed by atoms with Gasteiger partial charge >= 0.3 is 0 Å². The maximum atomic E-state index is 13.3.